The molecule has 1 aliphatic rings. The lowest BCUT2D eigenvalue weighted by Crippen LogP contribution is -2.29. The van der Waals surface area contributed by atoms with E-state index in [1.165, 1.54) is 12.3 Å². The van der Waals surface area contributed by atoms with Crippen LogP contribution in [0.2, 0.25) is 0 Å². The van der Waals surface area contributed by atoms with Gasteiger partial charge < -0.3 is 19.9 Å². The third kappa shape index (κ3) is 4.97. The quantitative estimate of drug-likeness (QED) is 0.553. The number of aryl methyl sites for hydroxylation is 1. The van der Waals surface area contributed by atoms with Crippen molar-refractivity contribution >= 4 is 29.3 Å². The summed E-state index contributed by atoms with van der Waals surface area (Å²) in [5.41, 5.74) is 2.20. The number of aliphatic hydroxyl groups is 1. The van der Waals surface area contributed by atoms with Gasteiger partial charge in [-0.05, 0) is 43.2 Å². The average molecular weight is 453 g/mol. The lowest BCUT2D eigenvalue weighted by atomic mass is 10.1. The number of carbonyl (C=O) groups excluding carboxylic acids is 2. The van der Waals surface area contributed by atoms with Crippen LogP contribution in [0.3, 0.4) is 0 Å². The van der Waals surface area contributed by atoms with E-state index in [9.17, 15) is 14.7 Å². The number of rotatable bonds is 6. The number of carbonyl (C=O) groups is 2. The van der Waals surface area contributed by atoms with Gasteiger partial charge in [0.05, 0.1) is 6.10 Å². The number of benzene rings is 1. The number of aliphatic hydroxyl groups excluding tert-OH is 1. The highest BCUT2D eigenvalue weighted by Gasteiger charge is 2.26. The van der Waals surface area contributed by atoms with E-state index < -0.39 is 12.0 Å². The van der Waals surface area contributed by atoms with E-state index in [-0.39, 0.29) is 16.9 Å². The van der Waals surface area contributed by atoms with Crippen LogP contribution in [-0.4, -0.2) is 60.8 Å². The molecule has 3 heterocycles. The Bertz CT molecular complexity index is 1130. The zero-order chi connectivity index (χ0) is 22.7. The first-order valence-electron chi connectivity index (χ1n) is 10.3. The first-order valence-corrected chi connectivity index (χ1v) is 11.1. The molecule has 1 aromatic carbocycles. The summed E-state index contributed by atoms with van der Waals surface area (Å²) in [5.74, 6) is -0.610. The van der Waals surface area contributed by atoms with Crippen molar-refractivity contribution < 1.29 is 14.7 Å². The molecule has 166 valence electrons. The van der Waals surface area contributed by atoms with Gasteiger partial charge in [-0.1, -0.05) is 23.9 Å². The minimum absolute atomic E-state index is 0.102. The summed E-state index contributed by atoms with van der Waals surface area (Å²) in [5, 5.41) is 21.4. The van der Waals surface area contributed by atoms with Gasteiger partial charge in [-0.15, -0.1) is 10.2 Å². The number of thioether (sulfide) groups is 1. The first kappa shape index (κ1) is 22.0. The van der Waals surface area contributed by atoms with Gasteiger partial charge in [0.25, 0.3) is 11.8 Å². The van der Waals surface area contributed by atoms with Crippen molar-refractivity contribution in [3.63, 3.8) is 0 Å². The van der Waals surface area contributed by atoms with Gasteiger partial charge in [-0.2, -0.15) is 0 Å². The van der Waals surface area contributed by atoms with Gasteiger partial charge in [-0.25, -0.2) is 0 Å². The number of anilines is 1. The van der Waals surface area contributed by atoms with Gasteiger partial charge in [0.1, 0.15) is 12.0 Å². The van der Waals surface area contributed by atoms with Crippen LogP contribution in [0, 0.1) is 0 Å². The molecule has 0 unspecified atom stereocenters. The number of hydrogen-bond donors (Lipinski definition) is 2. The second-order valence-corrected chi connectivity index (χ2v) is 9.00. The Kier molecular flexibility index (Phi) is 6.52. The number of pyridine rings is 1. The third-order valence-electron chi connectivity index (χ3n) is 5.26. The van der Waals surface area contributed by atoms with E-state index >= 15 is 0 Å². The van der Waals surface area contributed by atoms with Gasteiger partial charge in [-0.3, -0.25) is 14.6 Å². The van der Waals surface area contributed by atoms with Crippen LogP contribution >= 0.6 is 11.8 Å². The lowest BCUT2D eigenvalue weighted by molar-refractivity contribution is 0.0765. The molecule has 2 N–H and O–H groups in total. The number of hydrogen-bond acceptors (Lipinski definition) is 7. The Morgan fingerprint density at radius 1 is 1.28 bits per heavy atom. The molecular formula is C22H24N6O3S. The standard InChI is InChI=1S/C22H24N6O3S/c1-14(32-22-26-24-13-27(22)2)15-4-3-5-17(10-15)25-20(30)19-11-16(6-8-23-19)21(31)28-9-7-18(29)12-28/h3-6,8,10-11,13-14,18,29H,7,9,12H2,1-2H3,(H,25,30)/t14-,18-/m1/s1. The van der Waals surface area contributed by atoms with Crippen molar-refractivity contribution in [1.82, 2.24) is 24.6 Å². The van der Waals surface area contributed by atoms with E-state index in [4.69, 9.17) is 0 Å². The molecule has 1 aliphatic heterocycles. The van der Waals surface area contributed by atoms with Crippen LogP contribution in [0.5, 0.6) is 0 Å². The van der Waals surface area contributed by atoms with E-state index in [0.717, 1.165) is 10.7 Å². The van der Waals surface area contributed by atoms with Crippen LogP contribution < -0.4 is 5.32 Å². The summed E-state index contributed by atoms with van der Waals surface area (Å²) in [6.45, 7) is 2.87. The normalized spacial score (nSPS) is 16.7. The van der Waals surface area contributed by atoms with Gasteiger partial charge in [0.2, 0.25) is 0 Å². The molecule has 1 saturated heterocycles. The molecule has 10 heteroatoms. The lowest BCUT2D eigenvalue weighted by Gasteiger charge is -2.16. The minimum atomic E-state index is -0.495. The van der Waals surface area contributed by atoms with Crippen LogP contribution in [0.1, 0.15) is 45.0 Å². The molecule has 0 bridgehead atoms. The van der Waals surface area contributed by atoms with Crippen molar-refractivity contribution in [2.24, 2.45) is 7.05 Å². The fourth-order valence-corrected chi connectivity index (χ4v) is 4.37. The smallest absolute Gasteiger partial charge is 0.274 e. The molecular weight excluding hydrogens is 428 g/mol. The Balaban J connectivity index is 1.44. The summed E-state index contributed by atoms with van der Waals surface area (Å²) < 4.78 is 1.86. The van der Waals surface area contributed by atoms with Crippen molar-refractivity contribution in [3.8, 4) is 0 Å². The highest BCUT2D eigenvalue weighted by molar-refractivity contribution is 7.99. The summed E-state index contributed by atoms with van der Waals surface area (Å²) in [6, 6.07) is 10.7. The third-order valence-corrected chi connectivity index (χ3v) is 6.46. The highest BCUT2D eigenvalue weighted by atomic mass is 32.2. The SMILES string of the molecule is C[C@@H](Sc1nncn1C)c1cccc(NC(=O)c2cc(C(=O)N3CC[C@@H](O)C3)ccn2)c1. The molecule has 2 atom stereocenters. The van der Waals surface area contributed by atoms with E-state index in [1.807, 2.05) is 35.9 Å². The monoisotopic (exact) mass is 452 g/mol. The molecule has 0 spiro atoms. The molecule has 32 heavy (non-hydrogen) atoms. The molecule has 1 fully saturated rings. The largest absolute Gasteiger partial charge is 0.391 e. The number of amides is 2. The van der Waals surface area contributed by atoms with Gasteiger partial charge in [0.15, 0.2) is 5.16 Å². The molecule has 0 saturated carbocycles. The molecule has 2 aromatic heterocycles. The Morgan fingerprint density at radius 2 is 2.12 bits per heavy atom. The highest BCUT2D eigenvalue weighted by Crippen LogP contribution is 2.34. The van der Waals surface area contributed by atoms with Gasteiger partial charge in [0, 0.05) is 42.8 Å². The summed E-state index contributed by atoms with van der Waals surface area (Å²) >= 11 is 1.58. The molecule has 0 radical (unpaired) electrons. The second kappa shape index (κ2) is 9.49. The Labute approximate surface area is 189 Å². The number of β-amino-alcohol motifs (C(OH)–C–C–N with tert-alkyl or cyclic N) is 1. The summed E-state index contributed by atoms with van der Waals surface area (Å²) in [4.78, 5) is 31.1. The topological polar surface area (TPSA) is 113 Å². The number of nitrogens with zero attached hydrogens (tertiary/aromatic N) is 5. The van der Waals surface area contributed by atoms with Gasteiger partial charge >= 0.3 is 0 Å². The maximum absolute atomic E-state index is 12.8. The van der Waals surface area contributed by atoms with Crippen molar-refractivity contribution in [2.45, 2.75) is 29.9 Å². The summed E-state index contributed by atoms with van der Waals surface area (Å²) in [6.07, 6.45) is 3.17. The second-order valence-electron chi connectivity index (χ2n) is 7.69. The number of aromatic nitrogens is 4. The van der Waals surface area contributed by atoms with Crippen LogP contribution in [0.25, 0.3) is 0 Å². The number of nitrogens with one attached hydrogen (secondary N) is 1. The molecule has 3 aromatic rings. The zero-order valence-electron chi connectivity index (χ0n) is 17.8. The fraction of sp³-hybridized carbons (Fsp3) is 0.318. The first-order chi connectivity index (χ1) is 15.4. The van der Waals surface area contributed by atoms with E-state index in [2.05, 4.69) is 27.4 Å². The van der Waals surface area contributed by atoms with Crippen molar-refractivity contribution in [2.75, 3.05) is 18.4 Å². The number of likely N-dealkylation sites (tertiary alicyclic amines) is 1. The molecule has 4 rings (SSSR count). The van der Waals surface area contributed by atoms with Crippen LogP contribution in [0.15, 0.2) is 54.1 Å². The van der Waals surface area contributed by atoms with Crippen molar-refractivity contribution in [1.29, 1.82) is 0 Å². The van der Waals surface area contributed by atoms with Crippen LogP contribution in [-0.2, 0) is 7.05 Å². The predicted molar refractivity (Wildman–Crippen MR) is 120 cm³/mol. The fourth-order valence-electron chi connectivity index (χ4n) is 3.47. The summed E-state index contributed by atoms with van der Waals surface area (Å²) in [7, 11) is 1.89. The molecule has 2 amide bonds. The predicted octanol–water partition coefficient (Wildman–Crippen LogP) is 2.52. The minimum Gasteiger partial charge on any atom is -0.391 e. The molecule has 9 nitrogen and oxygen atoms in total. The maximum atomic E-state index is 12.8. The Morgan fingerprint density at radius 3 is 2.84 bits per heavy atom. The zero-order valence-corrected chi connectivity index (χ0v) is 18.6. The van der Waals surface area contributed by atoms with E-state index in [0.29, 0.717) is 30.8 Å². The van der Waals surface area contributed by atoms with Crippen LogP contribution in [0.4, 0.5) is 5.69 Å². The molecule has 0 aliphatic carbocycles. The van der Waals surface area contributed by atoms with Crippen molar-refractivity contribution in [3.05, 3.63) is 65.7 Å². The van der Waals surface area contributed by atoms with E-state index in [1.54, 1.807) is 29.1 Å². The maximum Gasteiger partial charge on any atom is 0.274 e. The average Bonchev–Trinajstić information content (AvgIpc) is 3.41. The Hall–Kier alpha value is -3.24.